The van der Waals surface area contributed by atoms with E-state index in [0.717, 1.165) is 45.3 Å². The Balaban J connectivity index is 1.85. The molecule has 0 radical (unpaired) electrons. The summed E-state index contributed by atoms with van der Waals surface area (Å²) < 4.78 is 0. The van der Waals surface area contributed by atoms with Crippen molar-refractivity contribution in [3.05, 3.63) is 0 Å². The van der Waals surface area contributed by atoms with Crippen LogP contribution in [0.3, 0.4) is 0 Å². The smallest absolute Gasteiger partial charge is 0.219 e. The van der Waals surface area contributed by atoms with E-state index in [9.17, 15) is 4.79 Å². The van der Waals surface area contributed by atoms with Gasteiger partial charge in [-0.05, 0) is 58.3 Å². The highest BCUT2D eigenvalue weighted by molar-refractivity contribution is 5.75. The largest absolute Gasteiger partial charge is 0.356 e. The molecule has 1 fully saturated rings. The third kappa shape index (κ3) is 7.34. The first-order chi connectivity index (χ1) is 8.33. The van der Waals surface area contributed by atoms with Crippen molar-refractivity contribution in [2.45, 2.75) is 44.9 Å². The van der Waals surface area contributed by atoms with Crippen LogP contribution >= 0.6 is 0 Å². The third-order valence-electron chi connectivity index (χ3n) is 3.28. The standard InChI is InChI=1S/C13H27N3O/c14-8-3-1-2-7-13(17)15-9-6-12-16-10-4-5-11-16/h1-12,14H2,(H,15,17). The van der Waals surface area contributed by atoms with Crippen molar-refractivity contribution in [2.75, 3.05) is 32.7 Å². The zero-order valence-electron chi connectivity index (χ0n) is 10.9. The van der Waals surface area contributed by atoms with E-state index in [2.05, 4.69) is 10.2 Å². The monoisotopic (exact) mass is 241 g/mol. The molecule has 1 aliphatic heterocycles. The molecule has 0 aliphatic carbocycles. The molecular weight excluding hydrogens is 214 g/mol. The van der Waals surface area contributed by atoms with E-state index in [4.69, 9.17) is 5.73 Å². The lowest BCUT2D eigenvalue weighted by Crippen LogP contribution is -2.28. The number of nitrogens with two attached hydrogens (primary N) is 1. The molecule has 0 spiro atoms. The predicted molar refractivity (Wildman–Crippen MR) is 70.8 cm³/mol. The van der Waals surface area contributed by atoms with Gasteiger partial charge in [-0.1, -0.05) is 6.42 Å². The molecule has 0 aromatic rings. The Kier molecular flexibility index (Phi) is 8.01. The van der Waals surface area contributed by atoms with Crippen LogP contribution in [0.4, 0.5) is 0 Å². The summed E-state index contributed by atoms with van der Waals surface area (Å²) in [7, 11) is 0. The zero-order valence-corrected chi connectivity index (χ0v) is 10.9. The SMILES string of the molecule is NCCCCCC(=O)NCCCN1CCCC1. The summed E-state index contributed by atoms with van der Waals surface area (Å²) in [5, 5.41) is 2.99. The molecule has 100 valence electrons. The Morgan fingerprint density at radius 1 is 1.12 bits per heavy atom. The number of carbonyl (C=O) groups is 1. The van der Waals surface area contributed by atoms with Crippen LogP contribution in [-0.4, -0.2) is 43.5 Å². The Bertz CT molecular complexity index is 203. The van der Waals surface area contributed by atoms with Crippen molar-refractivity contribution >= 4 is 5.91 Å². The van der Waals surface area contributed by atoms with Gasteiger partial charge in [-0.25, -0.2) is 0 Å². The number of likely N-dealkylation sites (tertiary alicyclic amines) is 1. The lowest BCUT2D eigenvalue weighted by molar-refractivity contribution is -0.121. The van der Waals surface area contributed by atoms with E-state index in [1.807, 2.05) is 0 Å². The van der Waals surface area contributed by atoms with E-state index in [-0.39, 0.29) is 5.91 Å². The number of hydrogen-bond acceptors (Lipinski definition) is 3. The Hall–Kier alpha value is -0.610. The summed E-state index contributed by atoms with van der Waals surface area (Å²) in [5.74, 6) is 0.198. The molecule has 1 saturated heterocycles. The maximum atomic E-state index is 11.4. The minimum absolute atomic E-state index is 0.198. The molecule has 0 aromatic carbocycles. The third-order valence-corrected chi connectivity index (χ3v) is 3.28. The molecule has 0 unspecified atom stereocenters. The number of amides is 1. The van der Waals surface area contributed by atoms with Gasteiger partial charge in [0.2, 0.25) is 5.91 Å². The minimum atomic E-state index is 0.198. The summed E-state index contributed by atoms with van der Waals surface area (Å²) in [4.78, 5) is 13.9. The van der Waals surface area contributed by atoms with Gasteiger partial charge in [0.25, 0.3) is 0 Å². The molecule has 1 rings (SSSR count). The van der Waals surface area contributed by atoms with Crippen LogP contribution in [0.2, 0.25) is 0 Å². The molecule has 1 aliphatic rings. The van der Waals surface area contributed by atoms with E-state index < -0.39 is 0 Å². The van der Waals surface area contributed by atoms with Crippen LogP contribution < -0.4 is 11.1 Å². The van der Waals surface area contributed by atoms with Gasteiger partial charge >= 0.3 is 0 Å². The first-order valence-electron chi connectivity index (χ1n) is 7.02. The number of rotatable bonds is 9. The van der Waals surface area contributed by atoms with Gasteiger partial charge in [-0.15, -0.1) is 0 Å². The van der Waals surface area contributed by atoms with Crippen LogP contribution in [-0.2, 0) is 4.79 Å². The molecule has 3 N–H and O–H groups in total. The van der Waals surface area contributed by atoms with Gasteiger partial charge in [0.15, 0.2) is 0 Å². The van der Waals surface area contributed by atoms with Crippen LogP contribution in [0.25, 0.3) is 0 Å². The van der Waals surface area contributed by atoms with Crippen LogP contribution in [0.15, 0.2) is 0 Å². The molecule has 1 heterocycles. The lowest BCUT2D eigenvalue weighted by atomic mass is 10.2. The van der Waals surface area contributed by atoms with Gasteiger partial charge in [-0.2, -0.15) is 0 Å². The van der Waals surface area contributed by atoms with E-state index in [0.29, 0.717) is 6.42 Å². The Morgan fingerprint density at radius 2 is 1.88 bits per heavy atom. The van der Waals surface area contributed by atoms with Crippen LogP contribution in [0.1, 0.15) is 44.9 Å². The molecular formula is C13H27N3O. The predicted octanol–water partition coefficient (Wildman–Crippen LogP) is 1.11. The van der Waals surface area contributed by atoms with Crippen molar-refractivity contribution in [3.63, 3.8) is 0 Å². The summed E-state index contributed by atoms with van der Waals surface area (Å²) in [6.45, 7) is 5.18. The summed E-state index contributed by atoms with van der Waals surface area (Å²) >= 11 is 0. The normalized spacial score (nSPS) is 16.3. The summed E-state index contributed by atoms with van der Waals surface area (Å²) in [6, 6.07) is 0. The number of carbonyl (C=O) groups excluding carboxylic acids is 1. The van der Waals surface area contributed by atoms with Crippen molar-refractivity contribution in [2.24, 2.45) is 5.73 Å². The van der Waals surface area contributed by atoms with Crippen molar-refractivity contribution < 1.29 is 4.79 Å². The van der Waals surface area contributed by atoms with Gasteiger partial charge in [-0.3, -0.25) is 4.79 Å². The fourth-order valence-electron chi connectivity index (χ4n) is 2.23. The molecule has 0 atom stereocenters. The molecule has 4 heteroatoms. The van der Waals surface area contributed by atoms with Gasteiger partial charge in [0.05, 0.1) is 0 Å². The molecule has 0 bridgehead atoms. The average molecular weight is 241 g/mol. The van der Waals surface area contributed by atoms with Crippen molar-refractivity contribution in [3.8, 4) is 0 Å². The minimum Gasteiger partial charge on any atom is -0.356 e. The first-order valence-corrected chi connectivity index (χ1v) is 7.02. The molecule has 17 heavy (non-hydrogen) atoms. The van der Waals surface area contributed by atoms with Crippen LogP contribution in [0.5, 0.6) is 0 Å². The van der Waals surface area contributed by atoms with E-state index in [1.165, 1.54) is 25.9 Å². The second-order valence-electron chi connectivity index (χ2n) is 4.85. The molecule has 0 aromatic heterocycles. The van der Waals surface area contributed by atoms with Crippen molar-refractivity contribution in [1.82, 2.24) is 10.2 Å². The Morgan fingerprint density at radius 3 is 2.59 bits per heavy atom. The highest BCUT2D eigenvalue weighted by Crippen LogP contribution is 2.06. The maximum absolute atomic E-state index is 11.4. The fourth-order valence-corrected chi connectivity index (χ4v) is 2.23. The topological polar surface area (TPSA) is 58.4 Å². The summed E-state index contributed by atoms with van der Waals surface area (Å²) in [6.07, 6.45) is 7.48. The fraction of sp³-hybridized carbons (Fsp3) is 0.923. The number of unbranched alkanes of at least 4 members (excludes halogenated alkanes) is 2. The van der Waals surface area contributed by atoms with Gasteiger partial charge in [0.1, 0.15) is 0 Å². The highest BCUT2D eigenvalue weighted by atomic mass is 16.1. The second-order valence-corrected chi connectivity index (χ2v) is 4.85. The van der Waals surface area contributed by atoms with E-state index in [1.54, 1.807) is 0 Å². The van der Waals surface area contributed by atoms with E-state index >= 15 is 0 Å². The first kappa shape index (κ1) is 14.5. The van der Waals surface area contributed by atoms with Gasteiger partial charge < -0.3 is 16.0 Å². The number of nitrogens with one attached hydrogen (secondary N) is 1. The number of nitrogens with zero attached hydrogens (tertiary/aromatic N) is 1. The Labute approximate surface area is 105 Å². The van der Waals surface area contributed by atoms with Gasteiger partial charge in [0, 0.05) is 13.0 Å². The summed E-state index contributed by atoms with van der Waals surface area (Å²) in [5.41, 5.74) is 5.40. The quantitative estimate of drug-likeness (QED) is 0.595. The van der Waals surface area contributed by atoms with Crippen LogP contribution in [0, 0.1) is 0 Å². The molecule has 0 saturated carbocycles. The average Bonchev–Trinajstić information content (AvgIpc) is 2.83. The zero-order chi connectivity index (χ0) is 12.3. The van der Waals surface area contributed by atoms with Crippen molar-refractivity contribution in [1.29, 1.82) is 0 Å². The maximum Gasteiger partial charge on any atom is 0.219 e. The highest BCUT2D eigenvalue weighted by Gasteiger charge is 2.10. The second kappa shape index (κ2) is 9.42. The number of hydrogen-bond donors (Lipinski definition) is 2. The molecule has 4 nitrogen and oxygen atoms in total. The molecule has 1 amide bonds. The lowest BCUT2D eigenvalue weighted by Gasteiger charge is -2.14.